The molecule has 1 amide bonds. The Bertz CT molecular complexity index is 438. The van der Waals surface area contributed by atoms with Crippen molar-refractivity contribution in [2.45, 2.75) is 26.3 Å². The van der Waals surface area contributed by atoms with Gasteiger partial charge in [0.15, 0.2) is 11.6 Å². The van der Waals surface area contributed by atoms with Gasteiger partial charge in [0.25, 0.3) is 0 Å². The highest BCUT2D eigenvalue weighted by Crippen LogP contribution is 2.18. The summed E-state index contributed by atoms with van der Waals surface area (Å²) in [4.78, 5) is 13.5. The Morgan fingerprint density at radius 3 is 2.80 bits per heavy atom. The lowest BCUT2D eigenvalue weighted by Gasteiger charge is -2.16. The molecule has 0 aromatic heterocycles. The quantitative estimate of drug-likeness (QED) is 0.743. The zero-order chi connectivity index (χ0) is 15.0. The van der Waals surface area contributed by atoms with Crippen LogP contribution >= 0.6 is 0 Å². The van der Waals surface area contributed by atoms with Crippen LogP contribution in [0.25, 0.3) is 0 Å². The van der Waals surface area contributed by atoms with Crippen LogP contribution in [-0.2, 0) is 11.3 Å². The first-order valence-corrected chi connectivity index (χ1v) is 6.84. The molecular formula is C15H23FN2O2. The topological polar surface area (TPSA) is 41.6 Å². The van der Waals surface area contributed by atoms with E-state index in [1.54, 1.807) is 12.1 Å². The number of nitrogens with one attached hydrogen (secondary N) is 1. The fourth-order valence-electron chi connectivity index (χ4n) is 1.88. The molecule has 0 bridgehead atoms. The number of unbranched alkanes of at least 4 members (excludes halogenated alkanes) is 1. The van der Waals surface area contributed by atoms with E-state index in [0.29, 0.717) is 19.6 Å². The van der Waals surface area contributed by atoms with Gasteiger partial charge in [0.1, 0.15) is 0 Å². The normalized spacial score (nSPS) is 10.7. The van der Waals surface area contributed by atoms with Crippen LogP contribution in [0.2, 0.25) is 0 Å². The van der Waals surface area contributed by atoms with Gasteiger partial charge in [0.05, 0.1) is 13.7 Å². The Kier molecular flexibility index (Phi) is 7.01. The first-order chi connectivity index (χ1) is 9.56. The van der Waals surface area contributed by atoms with Gasteiger partial charge in [-0.05, 0) is 31.2 Å². The Morgan fingerprint density at radius 2 is 2.20 bits per heavy atom. The van der Waals surface area contributed by atoms with Crippen molar-refractivity contribution in [2.24, 2.45) is 0 Å². The number of hydrogen-bond acceptors (Lipinski definition) is 3. The van der Waals surface area contributed by atoms with E-state index in [4.69, 9.17) is 4.74 Å². The molecule has 1 aromatic rings. The van der Waals surface area contributed by atoms with Gasteiger partial charge in [-0.15, -0.1) is 0 Å². The maximum Gasteiger partial charge on any atom is 0.234 e. The lowest BCUT2D eigenvalue weighted by molar-refractivity contribution is -0.122. The van der Waals surface area contributed by atoms with Crippen LogP contribution in [0.1, 0.15) is 25.3 Å². The van der Waals surface area contributed by atoms with Crippen molar-refractivity contribution in [3.05, 3.63) is 29.6 Å². The molecular weight excluding hydrogens is 259 g/mol. The first-order valence-electron chi connectivity index (χ1n) is 6.84. The lowest BCUT2D eigenvalue weighted by atomic mass is 10.2. The number of carbonyl (C=O) groups is 1. The van der Waals surface area contributed by atoms with Crippen LogP contribution in [0, 0.1) is 5.82 Å². The van der Waals surface area contributed by atoms with Crippen molar-refractivity contribution < 1.29 is 13.9 Å². The molecule has 0 radical (unpaired) electrons. The summed E-state index contributed by atoms with van der Waals surface area (Å²) in [5, 5.41) is 2.86. The predicted molar refractivity (Wildman–Crippen MR) is 77.2 cm³/mol. The molecule has 112 valence electrons. The minimum absolute atomic E-state index is 0.00469. The third kappa shape index (κ3) is 5.57. The van der Waals surface area contributed by atoms with Crippen LogP contribution in [0.15, 0.2) is 18.2 Å². The van der Waals surface area contributed by atoms with Crippen molar-refractivity contribution in [3.8, 4) is 5.75 Å². The number of benzene rings is 1. The van der Waals surface area contributed by atoms with E-state index in [0.717, 1.165) is 18.4 Å². The number of rotatable bonds is 8. The number of carbonyl (C=O) groups excluding carboxylic acids is 1. The molecule has 20 heavy (non-hydrogen) atoms. The van der Waals surface area contributed by atoms with Gasteiger partial charge in [-0.3, -0.25) is 9.69 Å². The molecule has 1 aromatic carbocycles. The van der Waals surface area contributed by atoms with Crippen molar-refractivity contribution in [2.75, 3.05) is 27.2 Å². The Morgan fingerprint density at radius 1 is 1.45 bits per heavy atom. The van der Waals surface area contributed by atoms with Crippen molar-refractivity contribution in [1.29, 1.82) is 0 Å². The van der Waals surface area contributed by atoms with E-state index in [9.17, 15) is 9.18 Å². The van der Waals surface area contributed by atoms with Crippen molar-refractivity contribution in [3.63, 3.8) is 0 Å². The number of amides is 1. The molecule has 0 saturated heterocycles. The molecule has 0 unspecified atom stereocenters. The standard InChI is InChI=1S/C15H23FN2O2/c1-4-5-8-17-15(19)11-18(2)10-12-6-7-14(20-3)13(16)9-12/h6-7,9H,4-5,8,10-11H2,1-3H3,(H,17,19). The highest BCUT2D eigenvalue weighted by atomic mass is 19.1. The number of nitrogens with zero attached hydrogens (tertiary/aromatic N) is 1. The largest absolute Gasteiger partial charge is 0.494 e. The van der Waals surface area contributed by atoms with Gasteiger partial charge < -0.3 is 10.1 Å². The molecule has 0 heterocycles. The Balaban J connectivity index is 2.43. The summed E-state index contributed by atoms with van der Waals surface area (Å²) in [6, 6.07) is 4.83. The van der Waals surface area contributed by atoms with Gasteiger partial charge in [-0.25, -0.2) is 4.39 Å². The van der Waals surface area contributed by atoms with E-state index in [1.165, 1.54) is 13.2 Å². The van der Waals surface area contributed by atoms with E-state index in [-0.39, 0.29) is 17.5 Å². The van der Waals surface area contributed by atoms with Crippen LogP contribution in [0.5, 0.6) is 5.75 Å². The summed E-state index contributed by atoms with van der Waals surface area (Å²) in [6.45, 7) is 3.61. The number of halogens is 1. The molecule has 0 fully saturated rings. The van der Waals surface area contributed by atoms with Crippen LogP contribution in [0.4, 0.5) is 4.39 Å². The minimum Gasteiger partial charge on any atom is -0.494 e. The molecule has 0 aliphatic carbocycles. The van der Waals surface area contributed by atoms with Gasteiger partial charge in [0, 0.05) is 13.1 Å². The van der Waals surface area contributed by atoms with Gasteiger partial charge in [0.2, 0.25) is 5.91 Å². The van der Waals surface area contributed by atoms with Crippen LogP contribution in [0.3, 0.4) is 0 Å². The smallest absolute Gasteiger partial charge is 0.234 e. The monoisotopic (exact) mass is 282 g/mol. The Hall–Kier alpha value is -1.62. The van der Waals surface area contributed by atoms with E-state index in [1.807, 2.05) is 11.9 Å². The zero-order valence-corrected chi connectivity index (χ0v) is 12.4. The maximum atomic E-state index is 13.5. The molecule has 0 atom stereocenters. The summed E-state index contributed by atoms with van der Waals surface area (Å²) in [5.41, 5.74) is 0.812. The predicted octanol–water partition coefficient (Wildman–Crippen LogP) is 2.18. The molecule has 4 nitrogen and oxygen atoms in total. The molecule has 0 saturated carbocycles. The number of ether oxygens (including phenoxy) is 1. The number of methoxy groups -OCH3 is 1. The van der Waals surface area contributed by atoms with Crippen molar-refractivity contribution >= 4 is 5.91 Å². The molecule has 0 spiro atoms. The maximum absolute atomic E-state index is 13.5. The number of likely N-dealkylation sites (N-methyl/N-ethyl adjacent to an activating group) is 1. The van der Waals surface area contributed by atoms with Gasteiger partial charge in [-0.2, -0.15) is 0 Å². The van der Waals surface area contributed by atoms with Gasteiger partial charge >= 0.3 is 0 Å². The SMILES string of the molecule is CCCCNC(=O)CN(C)Cc1ccc(OC)c(F)c1. The summed E-state index contributed by atoms with van der Waals surface area (Å²) in [5.74, 6) is -0.158. The highest BCUT2D eigenvalue weighted by Gasteiger charge is 2.09. The first kappa shape index (κ1) is 16.4. The summed E-state index contributed by atoms with van der Waals surface area (Å²) in [7, 11) is 3.27. The summed E-state index contributed by atoms with van der Waals surface area (Å²) < 4.78 is 18.4. The van der Waals surface area contributed by atoms with E-state index >= 15 is 0 Å². The lowest BCUT2D eigenvalue weighted by Crippen LogP contribution is -2.35. The second-order valence-corrected chi connectivity index (χ2v) is 4.84. The minimum atomic E-state index is -0.384. The van der Waals surface area contributed by atoms with Crippen LogP contribution < -0.4 is 10.1 Å². The Labute approximate surface area is 119 Å². The third-order valence-corrected chi connectivity index (χ3v) is 2.93. The van der Waals surface area contributed by atoms with Crippen LogP contribution in [-0.4, -0.2) is 38.1 Å². The second-order valence-electron chi connectivity index (χ2n) is 4.84. The second kappa shape index (κ2) is 8.53. The summed E-state index contributed by atoms with van der Waals surface area (Å²) >= 11 is 0. The van der Waals surface area contributed by atoms with Crippen molar-refractivity contribution in [1.82, 2.24) is 10.2 Å². The fraction of sp³-hybridized carbons (Fsp3) is 0.533. The third-order valence-electron chi connectivity index (χ3n) is 2.93. The molecule has 1 rings (SSSR count). The highest BCUT2D eigenvalue weighted by molar-refractivity contribution is 5.77. The molecule has 0 aliphatic rings. The zero-order valence-electron chi connectivity index (χ0n) is 12.4. The molecule has 1 N–H and O–H groups in total. The molecule has 5 heteroatoms. The van der Waals surface area contributed by atoms with Gasteiger partial charge in [-0.1, -0.05) is 19.4 Å². The summed E-state index contributed by atoms with van der Waals surface area (Å²) in [6.07, 6.45) is 2.04. The average Bonchev–Trinajstić information content (AvgIpc) is 2.39. The molecule has 0 aliphatic heterocycles. The van der Waals surface area contributed by atoms with E-state index < -0.39 is 0 Å². The fourth-order valence-corrected chi connectivity index (χ4v) is 1.88. The average molecular weight is 282 g/mol. The number of hydrogen-bond donors (Lipinski definition) is 1. The van der Waals surface area contributed by atoms with E-state index in [2.05, 4.69) is 12.2 Å².